The smallest absolute Gasteiger partial charge is 0.261 e. The van der Waals surface area contributed by atoms with E-state index in [-0.39, 0.29) is 11.8 Å². The normalized spacial score (nSPS) is 13.6. The molecular weight excluding hydrogens is 332 g/mol. The average Bonchev–Trinajstić information content (AvgIpc) is 3.28. The molecule has 0 atom stereocenters. The number of hydrogen-bond acceptors (Lipinski definition) is 3. The van der Waals surface area contributed by atoms with Crippen LogP contribution in [0.5, 0.6) is 0 Å². The molecule has 23 heavy (non-hydrogen) atoms. The molecule has 1 aliphatic carbocycles. The fourth-order valence-electron chi connectivity index (χ4n) is 2.39. The van der Waals surface area contributed by atoms with E-state index < -0.39 is 0 Å². The second kappa shape index (κ2) is 7.15. The lowest BCUT2D eigenvalue weighted by Crippen LogP contribution is -2.34. The SMILES string of the molecule is O=C(NCCNC(=O)c1sccc1C1CC1)c1ccccc1Cl. The van der Waals surface area contributed by atoms with E-state index in [2.05, 4.69) is 10.6 Å². The minimum Gasteiger partial charge on any atom is -0.350 e. The lowest BCUT2D eigenvalue weighted by Gasteiger charge is -2.08. The molecule has 120 valence electrons. The molecule has 0 saturated heterocycles. The Balaban J connectivity index is 1.46. The largest absolute Gasteiger partial charge is 0.350 e. The summed E-state index contributed by atoms with van der Waals surface area (Å²) in [5, 5.41) is 7.99. The monoisotopic (exact) mass is 348 g/mol. The van der Waals surface area contributed by atoms with Gasteiger partial charge in [0, 0.05) is 13.1 Å². The molecule has 3 rings (SSSR count). The highest BCUT2D eigenvalue weighted by Crippen LogP contribution is 2.43. The topological polar surface area (TPSA) is 58.2 Å². The van der Waals surface area contributed by atoms with Crippen LogP contribution in [0.4, 0.5) is 0 Å². The first-order valence-corrected chi connectivity index (χ1v) is 8.81. The summed E-state index contributed by atoms with van der Waals surface area (Å²) < 4.78 is 0. The number of benzene rings is 1. The maximum Gasteiger partial charge on any atom is 0.261 e. The number of carbonyl (C=O) groups is 2. The van der Waals surface area contributed by atoms with Gasteiger partial charge >= 0.3 is 0 Å². The van der Waals surface area contributed by atoms with Gasteiger partial charge < -0.3 is 10.6 Å². The van der Waals surface area contributed by atoms with Crippen LogP contribution in [-0.4, -0.2) is 24.9 Å². The molecule has 1 aromatic carbocycles. The van der Waals surface area contributed by atoms with Crippen LogP contribution in [0.2, 0.25) is 5.02 Å². The van der Waals surface area contributed by atoms with Gasteiger partial charge in [0.1, 0.15) is 0 Å². The first-order chi connectivity index (χ1) is 11.2. The predicted molar refractivity (Wildman–Crippen MR) is 92.4 cm³/mol. The molecule has 1 fully saturated rings. The van der Waals surface area contributed by atoms with E-state index >= 15 is 0 Å². The third-order valence-corrected chi connectivity index (χ3v) is 4.99. The van der Waals surface area contributed by atoms with Crippen molar-refractivity contribution in [2.45, 2.75) is 18.8 Å². The quantitative estimate of drug-likeness (QED) is 0.786. The molecule has 0 bridgehead atoms. The summed E-state index contributed by atoms with van der Waals surface area (Å²) >= 11 is 7.45. The van der Waals surface area contributed by atoms with E-state index in [4.69, 9.17) is 11.6 Å². The Labute approximate surface area is 143 Å². The Morgan fingerprint density at radius 1 is 1.09 bits per heavy atom. The number of rotatable bonds is 6. The summed E-state index contributed by atoms with van der Waals surface area (Å²) in [6, 6.07) is 8.92. The van der Waals surface area contributed by atoms with E-state index in [1.54, 1.807) is 24.3 Å². The number of hydrogen-bond donors (Lipinski definition) is 2. The van der Waals surface area contributed by atoms with Gasteiger partial charge in [0.2, 0.25) is 0 Å². The summed E-state index contributed by atoms with van der Waals surface area (Å²) in [4.78, 5) is 25.0. The molecule has 4 nitrogen and oxygen atoms in total. The first-order valence-electron chi connectivity index (χ1n) is 7.55. The Hall–Kier alpha value is -1.85. The zero-order valence-electron chi connectivity index (χ0n) is 12.5. The average molecular weight is 349 g/mol. The second-order valence-electron chi connectivity index (χ2n) is 5.47. The standard InChI is InChI=1S/C17H17ClN2O2S/c18-14-4-2-1-3-13(14)16(21)19-8-9-20-17(22)15-12(7-10-23-15)11-5-6-11/h1-4,7,10-11H,5-6,8-9H2,(H,19,21)(H,20,22). The van der Waals surface area contributed by atoms with Gasteiger partial charge in [-0.15, -0.1) is 11.3 Å². The third kappa shape index (κ3) is 3.92. The first kappa shape index (κ1) is 16.0. The molecule has 0 unspecified atom stereocenters. The van der Waals surface area contributed by atoms with Crippen molar-refractivity contribution in [2.24, 2.45) is 0 Å². The van der Waals surface area contributed by atoms with E-state index in [0.29, 0.717) is 29.6 Å². The van der Waals surface area contributed by atoms with E-state index in [1.807, 2.05) is 11.4 Å². The molecule has 1 heterocycles. The third-order valence-electron chi connectivity index (χ3n) is 3.73. The van der Waals surface area contributed by atoms with Gasteiger partial charge in [-0.3, -0.25) is 9.59 Å². The number of thiophene rings is 1. The maximum absolute atomic E-state index is 12.2. The van der Waals surface area contributed by atoms with Crippen LogP contribution in [0, 0.1) is 0 Å². The van der Waals surface area contributed by atoms with E-state index in [0.717, 1.165) is 10.4 Å². The molecule has 2 amide bonds. The molecule has 2 N–H and O–H groups in total. The Morgan fingerprint density at radius 3 is 2.48 bits per heavy atom. The maximum atomic E-state index is 12.2. The van der Waals surface area contributed by atoms with Crippen molar-refractivity contribution in [3.8, 4) is 0 Å². The van der Waals surface area contributed by atoms with Crippen molar-refractivity contribution in [3.05, 3.63) is 56.7 Å². The van der Waals surface area contributed by atoms with Gasteiger partial charge in [0.15, 0.2) is 0 Å². The number of amides is 2. The number of nitrogens with one attached hydrogen (secondary N) is 2. The number of halogens is 1. The summed E-state index contributed by atoms with van der Waals surface area (Å²) in [6.45, 7) is 0.747. The van der Waals surface area contributed by atoms with Gasteiger partial charge in [-0.05, 0) is 47.9 Å². The Morgan fingerprint density at radius 2 is 1.78 bits per heavy atom. The number of carbonyl (C=O) groups excluding carboxylic acids is 2. The van der Waals surface area contributed by atoms with Gasteiger partial charge in [0.25, 0.3) is 11.8 Å². The van der Waals surface area contributed by atoms with Crippen molar-refractivity contribution >= 4 is 34.8 Å². The van der Waals surface area contributed by atoms with Crippen LogP contribution in [0.1, 0.15) is 44.4 Å². The molecular formula is C17H17ClN2O2S. The van der Waals surface area contributed by atoms with Crippen LogP contribution >= 0.6 is 22.9 Å². The van der Waals surface area contributed by atoms with Crippen molar-refractivity contribution in [3.63, 3.8) is 0 Å². The van der Waals surface area contributed by atoms with Gasteiger partial charge in [0.05, 0.1) is 15.5 Å². The van der Waals surface area contributed by atoms with Gasteiger partial charge in [-0.2, -0.15) is 0 Å². The predicted octanol–water partition coefficient (Wildman–Crippen LogP) is 3.44. The second-order valence-corrected chi connectivity index (χ2v) is 6.79. The lowest BCUT2D eigenvalue weighted by molar-refractivity contribution is 0.0929. The molecule has 0 spiro atoms. The van der Waals surface area contributed by atoms with Crippen LogP contribution in [0.3, 0.4) is 0 Å². The zero-order chi connectivity index (χ0) is 16.2. The van der Waals surface area contributed by atoms with E-state index in [1.165, 1.54) is 24.2 Å². The van der Waals surface area contributed by atoms with Crippen LogP contribution in [0.25, 0.3) is 0 Å². The van der Waals surface area contributed by atoms with Crippen molar-refractivity contribution in [1.82, 2.24) is 10.6 Å². The fraction of sp³-hybridized carbons (Fsp3) is 0.294. The minimum absolute atomic E-state index is 0.0612. The van der Waals surface area contributed by atoms with Crippen molar-refractivity contribution < 1.29 is 9.59 Å². The zero-order valence-corrected chi connectivity index (χ0v) is 14.0. The highest BCUT2D eigenvalue weighted by atomic mass is 35.5. The lowest BCUT2D eigenvalue weighted by atomic mass is 10.1. The molecule has 1 aliphatic rings. The minimum atomic E-state index is -0.236. The van der Waals surface area contributed by atoms with Gasteiger partial charge in [-0.1, -0.05) is 23.7 Å². The van der Waals surface area contributed by atoms with Crippen LogP contribution in [0.15, 0.2) is 35.7 Å². The highest BCUT2D eigenvalue weighted by molar-refractivity contribution is 7.12. The van der Waals surface area contributed by atoms with Crippen molar-refractivity contribution in [2.75, 3.05) is 13.1 Å². The summed E-state index contributed by atoms with van der Waals surface area (Å²) in [6.07, 6.45) is 2.34. The molecule has 0 radical (unpaired) electrons. The van der Waals surface area contributed by atoms with Crippen LogP contribution in [-0.2, 0) is 0 Å². The molecule has 1 saturated carbocycles. The highest BCUT2D eigenvalue weighted by Gasteiger charge is 2.28. The van der Waals surface area contributed by atoms with Crippen LogP contribution < -0.4 is 10.6 Å². The molecule has 0 aliphatic heterocycles. The van der Waals surface area contributed by atoms with E-state index in [9.17, 15) is 9.59 Å². The molecule has 2 aromatic rings. The summed E-state index contributed by atoms with van der Waals surface area (Å²) in [7, 11) is 0. The molecule has 1 aromatic heterocycles. The Kier molecular flexibility index (Phi) is 4.98. The van der Waals surface area contributed by atoms with Gasteiger partial charge in [-0.25, -0.2) is 0 Å². The molecule has 6 heteroatoms. The summed E-state index contributed by atoms with van der Waals surface area (Å²) in [5.41, 5.74) is 1.60. The Bertz CT molecular complexity index is 725. The summed E-state index contributed by atoms with van der Waals surface area (Å²) in [5.74, 6) is 0.260. The van der Waals surface area contributed by atoms with Crippen molar-refractivity contribution in [1.29, 1.82) is 0 Å². The fourth-order valence-corrected chi connectivity index (χ4v) is 3.51.